The summed E-state index contributed by atoms with van der Waals surface area (Å²) in [5.74, 6) is 0.660. The summed E-state index contributed by atoms with van der Waals surface area (Å²) >= 11 is 1.85. The van der Waals surface area contributed by atoms with Crippen molar-refractivity contribution in [2.45, 2.75) is 36.1 Å². The Hall–Kier alpha value is -1.14. The Balaban J connectivity index is 1.83. The van der Waals surface area contributed by atoms with Gasteiger partial charge in [0.05, 0.1) is 6.33 Å². The lowest BCUT2D eigenvalue weighted by Crippen LogP contribution is -2.30. The number of hydrogen-bond acceptors (Lipinski definition) is 5. The highest BCUT2D eigenvalue weighted by atomic mass is 32.2. The molecule has 2 aromatic rings. The van der Waals surface area contributed by atoms with Crippen molar-refractivity contribution in [3.05, 3.63) is 12.7 Å². The van der Waals surface area contributed by atoms with Crippen LogP contribution < -0.4 is 5.32 Å². The molecule has 1 saturated carbocycles. The van der Waals surface area contributed by atoms with Crippen LogP contribution in [0.3, 0.4) is 0 Å². The highest BCUT2D eigenvalue weighted by molar-refractivity contribution is 8.00. The Kier molecular flexibility index (Phi) is 3.22. The van der Waals surface area contributed by atoms with Gasteiger partial charge in [0.1, 0.15) is 16.9 Å². The largest absolute Gasteiger partial charge is 0.341 e. The third-order valence-electron chi connectivity index (χ3n) is 3.81. The fraction of sp³-hybridized carbons (Fsp3) is 0.583. The number of thioether (sulfide) groups is 1. The van der Waals surface area contributed by atoms with Crippen molar-refractivity contribution >= 4 is 22.9 Å². The molecule has 6 heteroatoms. The predicted octanol–water partition coefficient (Wildman–Crippen LogP) is 1.83. The van der Waals surface area contributed by atoms with Crippen LogP contribution in [0.2, 0.25) is 0 Å². The lowest BCUT2D eigenvalue weighted by molar-refractivity contribution is 0.464. The quantitative estimate of drug-likeness (QED) is 0.827. The van der Waals surface area contributed by atoms with Gasteiger partial charge in [-0.15, -0.1) is 11.8 Å². The maximum Gasteiger partial charge on any atom is 0.181 e. The van der Waals surface area contributed by atoms with E-state index >= 15 is 0 Å². The van der Waals surface area contributed by atoms with E-state index in [1.165, 1.54) is 12.8 Å². The third kappa shape index (κ3) is 1.99. The van der Waals surface area contributed by atoms with Gasteiger partial charge in [0.15, 0.2) is 5.65 Å². The van der Waals surface area contributed by atoms with Crippen molar-refractivity contribution in [2.75, 3.05) is 7.05 Å². The molecule has 1 aliphatic carbocycles. The summed E-state index contributed by atoms with van der Waals surface area (Å²) < 4.78 is 0. The van der Waals surface area contributed by atoms with Gasteiger partial charge in [0, 0.05) is 11.3 Å². The van der Waals surface area contributed by atoms with Crippen molar-refractivity contribution in [1.82, 2.24) is 25.3 Å². The molecule has 3 unspecified atom stereocenters. The number of aromatic nitrogens is 4. The first kappa shape index (κ1) is 11.9. The van der Waals surface area contributed by atoms with Crippen LogP contribution >= 0.6 is 11.8 Å². The summed E-state index contributed by atoms with van der Waals surface area (Å²) in [6, 6.07) is 0.626. The summed E-state index contributed by atoms with van der Waals surface area (Å²) in [6.07, 6.45) is 5.75. The Morgan fingerprint density at radius 2 is 2.22 bits per heavy atom. The van der Waals surface area contributed by atoms with Crippen LogP contribution in [0.5, 0.6) is 0 Å². The Bertz CT molecular complexity index is 540. The number of aromatic amines is 1. The van der Waals surface area contributed by atoms with Crippen LogP contribution in [0.1, 0.15) is 19.8 Å². The number of hydrogen-bond donors (Lipinski definition) is 2. The minimum absolute atomic E-state index is 0.615. The first-order chi connectivity index (χ1) is 8.79. The molecular weight excluding hydrogens is 246 g/mol. The van der Waals surface area contributed by atoms with Crippen LogP contribution in [-0.2, 0) is 0 Å². The van der Waals surface area contributed by atoms with Crippen molar-refractivity contribution in [1.29, 1.82) is 0 Å². The van der Waals surface area contributed by atoms with Gasteiger partial charge in [0.25, 0.3) is 0 Å². The molecule has 3 atom stereocenters. The average Bonchev–Trinajstić information content (AvgIpc) is 2.98. The van der Waals surface area contributed by atoms with Crippen molar-refractivity contribution < 1.29 is 0 Å². The molecule has 18 heavy (non-hydrogen) atoms. The molecule has 3 rings (SSSR count). The number of nitrogens with one attached hydrogen (secondary N) is 2. The van der Waals surface area contributed by atoms with E-state index in [-0.39, 0.29) is 0 Å². The third-order valence-corrected chi connectivity index (χ3v) is 5.31. The van der Waals surface area contributed by atoms with E-state index in [0.717, 1.165) is 16.2 Å². The normalized spacial score (nSPS) is 28.0. The highest BCUT2D eigenvalue weighted by Crippen LogP contribution is 2.39. The number of rotatable bonds is 3. The van der Waals surface area contributed by atoms with Gasteiger partial charge >= 0.3 is 0 Å². The van der Waals surface area contributed by atoms with E-state index in [9.17, 15) is 0 Å². The maximum atomic E-state index is 4.39. The fourth-order valence-corrected chi connectivity index (χ4v) is 4.00. The number of imidazole rings is 1. The molecule has 2 heterocycles. The lowest BCUT2D eigenvalue weighted by atomic mass is 10.1. The Morgan fingerprint density at radius 3 is 3.00 bits per heavy atom. The monoisotopic (exact) mass is 263 g/mol. The number of nitrogens with zero attached hydrogens (tertiary/aromatic N) is 3. The van der Waals surface area contributed by atoms with Crippen molar-refractivity contribution in [3.8, 4) is 0 Å². The molecule has 0 saturated heterocycles. The smallest absolute Gasteiger partial charge is 0.181 e. The number of fused-ring (bicyclic) bond motifs is 1. The van der Waals surface area contributed by atoms with Crippen LogP contribution in [0.25, 0.3) is 11.2 Å². The van der Waals surface area contributed by atoms with Gasteiger partial charge in [-0.05, 0) is 25.8 Å². The summed E-state index contributed by atoms with van der Waals surface area (Å²) in [5, 5.41) is 5.03. The van der Waals surface area contributed by atoms with Crippen molar-refractivity contribution in [3.63, 3.8) is 0 Å². The maximum absolute atomic E-state index is 4.39. The second-order valence-electron chi connectivity index (χ2n) is 4.77. The summed E-state index contributed by atoms with van der Waals surface area (Å²) in [7, 11) is 2.05. The summed E-state index contributed by atoms with van der Waals surface area (Å²) in [5.41, 5.74) is 1.71. The molecule has 0 amide bonds. The van der Waals surface area contributed by atoms with Crippen LogP contribution in [0.4, 0.5) is 0 Å². The van der Waals surface area contributed by atoms with E-state index < -0.39 is 0 Å². The van der Waals surface area contributed by atoms with E-state index in [2.05, 4.69) is 32.2 Å². The van der Waals surface area contributed by atoms with Gasteiger partial charge in [-0.2, -0.15) is 0 Å². The van der Waals surface area contributed by atoms with Gasteiger partial charge in [-0.1, -0.05) is 6.92 Å². The molecule has 96 valence electrons. The van der Waals surface area contributed by atoms with Crippen LogP contribution in [-0.4, -0.2) is 38.3 Å². The molecule has 1 aliphatic rings. The topological polar surface area (TPSA) is 66.5 Å². The molecule has 2 N–H and O–H groups in total. The first-order valence-electron chi connectivity index (χ1n) is 6.27. The van der Waals surface area contributed by atoms with E-state index in [1.807, 2.05) is 18.8 Å². The average molecular weight is 263 g/mol. The molecule has 0 bridgehead atoms. The summed E-state index contributed by atoms with van der Waals surface area (Å²) in [6.45, 7) is 2.32. The fourth-order valence-electron chi connectivity index (χ4n) is 2.68. The molecule has 0 spiro atoms. The highest BCUT2D eigenvalue weighted by Gasteiger charge is 2.33. The minimum Gasteiger partial charge on any atom is -0.341 e. The zero-order valence-corrected chi connectivity index (χ0v) is 11.4. The van der Waals surface area contributed by atoms with Gasteiger partial charge in [-0.25, -0.2) is 15.0 Å². The lowest BCUT2D eigenvalue weighted by Gasteiger charge is -2.19. The second-order valence-corrected chi connectivity index (χ2v) is 6.00. The Morgan fingerprint density at radius 1 is 1.33 bits per heavy atom. The molecule has 5 nitrogen and oxygen atoms in total. The predicted molar refractivity (Wildman–Crippen MR) is 72.6 cm³/mol. The van der Waals surface area contributed by atoms with E-state index in [0.29, 0.717) is 17.2 Å². The first-order valence-corrected chi connectivity index (χ1v) is 7.15. The second kappa shape index (κ2) is 4.85. The Labute approximate surface area is 110 Å². The van der Waals surface area contributed by atoms with E-state index in [1.54, 1.807) is 12.7 Å². The molecular formula is C12H17N5S. The standard InChI is InChI=1S/C12H17N5S/c1-7-8(13-2)3-4-9(7)18-12-10-11(15-5-14-10)16-6-17-12/h5-9,13H,3-4H2,1-2H3,(H,14,15,16,17). The SMILES string of the molecule is CNC1CCC(Sc2ncnc3nc[nH]c23)C1C. The zero-order valence-electron chi connectivity index (χ0n) is 10.6. The van der Waals surface area contributed by atoms with Crippen molar-refractivity contribution in [2.24, 2.45) is 5.92 Å². The summed E-state index contributed by atoms with van der Waals surface area (Å²) in [4.78, 5) is 15.8. The minimum atomic E-state index is 0.615. The molecule has 0 aromatic carbocycles. The molecule has 0 aliphatic heterocycles. The van der Waals surface area contributed by atoms with Crippen LogP contribution in [0.15, 0.2) is 17.7 Å². The van der Waals surface area contributed by atoms with Gasteiger partial charge in [0.2, 0.25) is 0 Å². The molecule has 0 radical (unpaired) electrons. The zero-order chi connectivity index (χ0) is 12.5. The van der Waals surface area contributed by atoms with Crippen LogP contribution in [0, 0.1) is 5.92 Å². The molecule has 1 fully saturated rings. The van der Waals surface area contributed by atoms with E-state index in [4.69, 9.17) is 0 Å². The number of H-pyrrole nitrogens is 1. The van der Waals surface area contributed by atoms with Gasteiger partial charge in [-0.3, -0.25) is 0 Å². The molecule has 2 aromatic heterocycles. The van der Waals surface area contributed by atoms with Gasteiger partial charge < -0.3 is 10.3 Å².